The number of aromatic amines is 1. The van der Waals surface area contributed by atoms with E-state index in [0.29, 0.717) is 92.6 Å². The standard InChI is InChI=1S/C36H46N6O4Si.C30H32N6O3.C29H34N4O3Si.C5H12N2.C2H2Cl2O/c1-40-14-16-41(17-15-40)24-35(43)39-34-22-31(12-13-37-34)46-30-10-11-33-28(21-30)20-29(25-45-33)36-38-32(27-8-6-5-7-9-27)23-42(36)26-44-18-19-47(2,3)4;1-35-11-13-36(14-12-35)19-29(37)34-28-17-25(9-10-31-28)39-24-7-8-27-22(16-24)15-23(20-38-27)30-32-18-26(33-30)21-5-3-2-4-6-21;1-37(2,3)14-13-34-20-33-18-26(21-7-5-4-6-8-21)32-29(33)23-15-22-16-24(9-10-27(22)35-19-23)36-25-11-12-31-28(30)17-25;1-7-4-2-6-3-5-7;3-1-2(4)5/h5-13,21-23,29H,14-20,24-26H2,1-4H3,(H,37,39,43);2-10,16-18,23H,11-15,19-20H2,1H3,(H,32,33)(H,31,34,37);4-12,16-18,23H,13-15,19-20H2,1-3H3,(H2,30,31);6H,2-5H2,1H3;1H2. The maximum Gasteiger partial charge on any atom is 0.239 e. The van der Waals surface area contributed by atoms with Gasteiger partial charge < -0.3 is 88.4 Å². The van der Waals surface area contributed by atoms with E-state index in [4.69, 9.17) is 76.8 Å². The molecule has 0 bridgehead atoms. The van der Waals surface area contributed by atoms with Crippen molar-refractivity contribution in [2.75, 3.05) is 168 Å². The number of alkyl halides is 1. The van der Waals surface area contributed by atoms with E-state index >= 15 is 0 Å². The van der Waals surface area contributed by atoms with Gasteiger partial charge in [0.25, 0.3) is 0 Å². The number of aromatic nitrogens is 9. The molecule has 3 fully saturated rings. The molecule has 0 aliphatic carbocycles. The van der Waals surface area contributed by atoms with Gasteiger partial charge in [-0.25, -0.2) is 29.9 Å². The topological polar surface area (TPSA) is 306 Å². The number of anilines is 3. The predicted molar refractivity (Wildman–Crippen MR) is 537 cm³/mol. The normalized spacial score (nSPS) is 16.8. The Morgan fingerprint density at radius 1 is 0.467 bits per heavy atom. The lowest BCUT2D eigenvalue weighted by Gasteiger charge is -2.31. The molecule has 6 aromatic carbocycles. The summed E-state index contributed by atoms with van der Waals surface area (Å²) in [7, 11) is 4.01. The maximum atomic E-state index is 12.7. The highest BCUT2D eigenvalue weighted by molar-refractivity contribution is 6.76. The monoisotopic (exact) mass is 1900 g/mol. The third-order valence-electron chi connectivity index (χ3n) is 23.6. The number of ether oxygens (including phenoxy) is 8. The number of pyridine rings is 3. The fourth-order valence-corrected chi connectivity index (χ4v) is 17.5. The maximum absolute atomic E-state index is 12.7. The van der Waals surface area contributed by atoms with Crippen molar-refractivity contribution < 1.29 is 52.3 Å². The van der Waals surface area contributed by atoms with Crippen LogP contribution in [0.5, 0.6) is 51.7 Å². The number of rotatable bonds is 29. The van der Waals surface area contributed by atoms with Gasteiger partial charge in [-0.15, -0.1) is 11.6 Å². The molecule has 135 heavy (non-hydrogen) atoms. The molecule has 18 rings (SSSR count). The smallest absolute Gasteiger partial charge is 0.239 e. The highest BCUT2D eigenvalue weighted by Crippen LogP contribution is 2.41. The van der Waals surface area contributed by atoms with Crippen LogP contribution in [0.25, 0.3) is 33.8 Å². The quantitative estimate of drug-likeness (QED) is 0.0126. The third-order valence-corrected chi connectivity index (χ3v) is 27.6. The Morgan fingerprint density at radius 2 is 0.844 bits per heavy atom. The highest BCUT2D eigenvalue weighted by Gasteiger charge is 2.32. The minimum atomic E-state index is -1.19. The Morgan fingerprint density at radius 3 is 1.24 bits per heavy atom. The Balaban J connectivity index is 0.000000153. The molecule has 6 aromatic heterocycles. The first-order valence-electron chi connectivity index (χ1n) is 46.3. The molecule has 0 spiro atoms. The van der Waals surface area contributed by atoms with Gasteiger partial charge in [0.2, 0.25) is 17.1 Å². The van der Waals surface area contributed by atoms with Crippen LogP contribution in [-0.4, -0.2) is 253 Å². The number of H-pyrrole nitrogens is 1. The van der Waals surface area contributed by atoms with E-state index in [1.54, 1.807) is 55.0 Å². The van der Waals surface area contributed by atoms with Gasteiger partial charge >= 0.3 is 0 Å². The SMILES string of the molecule is CN1CCN(CC(=O)Nc2cc(Oc3ccc4c(c3)CC(c3nc(-c5ccccc5)cn3COCC[Si](C)(C)C)CO4)ccn2)CC1.CN1CCN(CC(=O)Nc2cc(Oc3ccc4c(c3)CC(c3ncc(-c5ccccc5)[nH]3)CO4)ccn2)CC1.CN1CCNCC1.C[Si](C)(C)CCOCn1cc(-c2ccccc2)nc1C1COc2ccc(Oc3ccnc(N)c3)cc2C1.O=C(Cl)CCl. The first-order valence-corrected chi connectivity index (χ1v) is 54.6. The van der Waals surface area contributed by atoms with Crippen molar-refractivity contribution >= 4 is 73.9 Å². The summed E-state index contributed by atoms with van der Waals surface area (Å²) in [4.78, 5) is 76.8. The number of nitrogen functional groups attached to an aromatic ring is 1. The summed E-state index contributed by atoms with van der Waals surface area (Å²) in [6.07, 6.45) is 13.3. The van der Waals surface area contributed by atoms with Gasteiger partial charge in [-0.3, -0.25) is 24.2 Å². The molecule has 3 unspecified atom stereocenters. The molecule has 0 radical (unpaired) electrons. The number of nitrogens with two attached hydrogens (primary N) is 1. The average Bonchev–Trinajstić information content (AvgIpc) is 1.76. The number of carbonyl (C=O) groups is 3. The Kier molecular flexibility index (Phi) is 35.8. The van der Waals surface area contributed by atoms with Crippen molar-refractivity contribution in [3.05, 3.63) is 253 Å². The number of nitrogens with zero attached hydrogens (tertiary/aromatic N) is 13. The van der Waals surface area contributed by atoms with Gasteiger partial charge in [0, 0.05) is 168 Å². The summed E-state index contributed by atoms with van der Waals surface area (Å²) in [5.41, 5.74) is 15.2. The second kappa shape index (κ2) is 48.7. The van der Waals surface area contributed by atoms with Crippen LogP contribution in [0.3, 0.4) is 0 Å². The molecule has 6 aliphatic rings. The number of nitrogens with one attached hydrogen (secondary N) is 4. The second-order valence-corrected chi connectivity index (χ2v) is 49.0. The summed E-state index contributed by atoms with van der Waals surface area (Å²) < 4.78 is 53.5. The fraction of sp³-hybridized carbons (Fsp3) is 0.382. The van der Waals surface area contributed by atoms with Crippen LogP contribution >= 0.6 is 23.2 Å². The number of carbonyl (C=O) groups excluding carboxylic acids is 3. The number of hydrogen-bond acceptors (Lipinski definition) is 24. The molecular formula is C102H126Cl2N18O11Si2. The highest BCUT2D eigenvalue weighted by atomic mass is 35.5. The van der Waals surface area contributed by atoms with Crippen LogP contribution in [-0.2, 0) is 56.6 Å². The average molecular weight is 1910 g/mol. The lowest BCUT2D eigenvalue weighted by atomic mass is 9.95. The minimum Gasteiger partial charge on any atom is -0.493 e. The van der Waals surface area contributed by atoms with Crippen molar-refractivity contribution in [1.29, 1.82) is 0 Å². The van der Waals surface area contributed by atoms with E-state index in [1.165, 1.54) is 13.1 Å². The van der Waals surface area contributed by atoms with E-state index < -0.39 is 21.4 Å². The first kappa shape index (κ1) is 99.3. The van der Waals surface area contributed by atoms with Gasteiger partial charge in [0.15, 0.2) is 0 Å². The molecule has 2 amide bonds. The largest absolute Gasteiger partial charge is 0.493 e. The van der Waals surface area contributed by atoms with Gasteiger partial charge in [-0.05, 0) is 159 Å². The number of fused-ring (bicyclic) bond motifs is 3. The molecule has 3 atom stereocenters. The summed E-state index contributed by atoms with van der Waals surface area (Å²) in [5, 5.41) is 8.59. The third kappa shape index (κ3) is 30.9. The van der Waals surface area contributed by atoms with E-state index in [-0.39, 0.29) is 35.4 Å². The van der Waals surface area contributed by atoms with Crippen LogP contribution in [0.1, 0.15) is 51.9 Å². The summed E-state index contributed by atoms with van der Waals surface area (Å²) in [5.74, 6) is 10.8. The Labute approximate surface area is 803 Å². The fourth-order valence-electron chi connectivity index (χ4n) is 16.0. The van der Waals surface area contributed by atoms with Crippen molar-refractivity contribution in [3.8, 4) is 85.5 Å². The van der Waals surface area contributed by atoms with E-state index in [9.17, 15) is 14.4 Å². The summed E-state index contributed by atoms with van der Waals surface area (Å²) >= 11 is 9.55. The number of hydrogen-bond donors (Lipinski definition) is 5. The zero-order valence-corrected chi connectivity index (χ0v) is 82.3. The van der Waals surface area contributed by atoms with Crippen LogP contribution in [0.2, 0.25) is 51.4 Å². The van der Waals surface area contributed by atoms with Crippen molar-refractivity contribution in [3.63, 3.8) is 0 Å². The molecular weight excluding hydrogens is 1780 g/mol. The minimum absolute atomic E-state index is 0.0545. The lowest BCUT2D eigenvalue weighted by molar-refractivity contribution is -0.118. The summed E-state index contributed by atoms with van der Waals surface area (Å²) in [6.45, 7) is 31.2. The number of amides is 2. The van der Waals surface area contributed by atoms with E-state index in [2.05, 4.69) is 184 Å². The van der Waals surface area contributed by atoms with E-state index in [0.717, 1.165) is 201 Å². The molecule has 3 saturated heterocycles. The van der Waals surface area contributed by atoms with Crippen molar-refractivity contribution in [2.45, 2.75) is 102 Å². The number of benzene rings is 6. The van der Waals surface area contributed by atoms with E-state index in [1.807, 2.05) is 115 Å². The number of likely N-dealkylation sites (N-methyl/N-ethyl adjacent to an activating group) is 3. The van der Waals surface area contributed by atoms with Gasteiger partial charge in [0.05, 0.1) is 79.8 Å². The Hall–Kier alpha value is -11.7. The zero-order valence-electron chi connectivity index (χ0n) is 78.7. The first-order chi connectivity index (χ1) is 65.3. The molecule has 0 saturated carbocycles. The van der Waals surface area contributed by atoms with Crippen LogP contribution in [0.4, 0.5) is 17.5 Å². The molecule has 6 N–H and O–H groups in total. The summed E-state index contributed by atoms with van der Waals surface area (Å²) in [6, 6.07) is 61.2. The lowest BCUT2D eigenvalue weighted by Crippen LogP contribution is -2.47. The molecule has 12 heterocycles. The van der Waals surface area contributed by atoms with Gasteiger partial charge in [-0.2, -0.15) is 0 Å². The van der Waals surface area contributed by atoms with Crippen molar-refractivity contribution in [2.24, 2.45) is 0 Å². The van der Waals surface area contributed by atoms with Gasteiger partial charge in [-0.1, -0.05) is 130 Å². The van der Waals surface area contributed by atoms with Crippen molar-refractivity contribution in [1.82, 2.24) is 73.8 Å². The predicted octanol–water partition coefficient (Wildman–Crippen LogP) is 17.0. The molecule has 33 heteroatoms. The van der Waals surface area contributed by atoms with Crippen LogP contribution in [0, 0.1) is 0 Å². The number of halogens is 2. The van der Waals surface area contributed by atoms with Crippen LogP contribution in [0.15, 0.2) is 219 Å². The molecule has 6 aliphatic heterocycles. The molecule has 29 nitrogen and oxygen atoms in total. The van der Waals surface area contributed by atoms with Gasteiger partial charge in [0.1, 0.15) is 100 Å². The second-order valence-electron chi connectivity index (χ2n) is 37.1. The molecule has 712 valence electrons. The van der Waals surface area contributed by atoms with Crippen LogP contribution < -0.4 is 50.1 Å². The zero-order chi connectivity index (χ0) is 94.6. The number of piperazine rings is 3. The Bertz CT molecular complexity index is 5810. The molecule has 12 aromatic rings. The number of imidazole rings is 3.